The number of aromatic nitrogens is 4. The average molecular weight is 294 g/mol. The summed E-state index contributed by atoms with van der Waals surface area (Å²) in [5.74, 6) is 0.135. The Bertz CT molecular complexity index is 748. The van der Waals surface area contributed by atoms with Gasteiger partial charge in [-0.1, -0.05) is 30.3 Å². The molecule has 0 aliphatic heterocycles. The first-order valence-electron chi connectivity index (χ1n) is 6.02. The zero-order chi connectivity index (χ0) is 14.8. The molecule has 1 unspecified atom stereocenters. The van der Waals surface area contributed by atoms with Gasteiger partial charge in [0.05, 0.1) is 0 Å². The molecule has 2 heterocycles. The van der Waals surface area contributed by atoms with Gasteiger partial charge in [-0.3, -0.25) is 0 Å². The lowest BCUT2D eigenvalue weighted by molar-refractivity contribution is -0.0695. The number of nitrogens with zero attached hydrogens (tertiary/aromatic N) is 4. The fourth-order valence-corrected chi connectivity index (χ4v) is 1.77. The first-order chi connectivity index (χ1) is 10.1. The van der Waals surface area contributed by atoms with Gasteiger partial charge >= 0.3 is 6.43 Å². The molecule has 0 aliphatic rings. The van der Waals surface area contributed by atoms with Gasteiger partial charge in [0.15, 0.2) is 11.5 Å². The fraction of sp³-hybridized carbons (Fsp3) is 0.154. The average Bonchev–Trinajstić information content (AvgIpc) is 2.91. The minimum atomic E-state index is -3.24. The SMILES string of the molecule is FC(F)C(F)Oc1ccc2nnc(-c3ccccc3)n2n1. The van der Waals surface area contributed by atoms with Gasteiger partial charge in [0.1, 0.15) is 0 Å². The van der Waals surface area contributed by atoms with Crippen molar-refractivity contribution in [3.8, 4) is 17.3 Å². The van der Waals surface area contributed by atoms with E-state index in [0.717, 1.165) is 5.56 Å². The Labute approximate surface area is 117 Å². The Kier molecular flexibility index (Phi) is 3.43. The van der Waals surface area contributed by atoms with Crippen LogP contribution in [0.3, 0.4) is 0 Å². The normalized spacial score (nSPS) is 12.8. The molecule has 0 bridgehead atoms. The van der Waals surface area contributed by atoms with Crippen LogP contribution in [0.25, 0.3) is 17.0 Å². The number of halogens is 3. The molecule has 3 aromatic rings. The van der Waals surface area contributed by atoms with Crippen molar-refractivity contribution in [2.24, 2.45) is 0 Å². The zero-order valence-electron chi connectivity index (χ0n) is 10.5. The predicted molar refractivity (Wildman–Crippen MR) is 67.7 cm³/mol. The van der Waals surface area contributed by atoms with E-state index < -0.39 is 12.8 Å². The van der Waals surface area contributed by atoms with E-state index in [-0.39, 0.29) is 5.88 Å². The van der Waals surface area contributed by atoms with E-state index in [4.69, 9.17) is 0 Å². The monoisotopic (exact) mass is 294 g/mol. The number of alkyl halides is 3. The molecular formula is C13H9F3N4O. The van der Waals surface area contributed by atoms with Gasteiger partial charge in [-0.2, -0.15) is 8.91 Å². The first kappa shape index (κ1) is 13.3. The van der Waals surface area contributed by atoms with E-state index in [1.807, 2.05) is 18.2 Å². The Morgan fingerprint density at radius 3 is 2.43 bits per heavy atom. The van der Waals surface area contributed by atoms with Gasteiger partial charge in [-0.15, -0.1) is 15.3 Å². The minimum absolute atomic E-state index is 0.271. The van der Waals surface area contributed by atoms with Crippen molar-refractivity contribution in [3.05, 3.63) is 42.5 Å². The van der Waals surface area contributed by atoms with Crippen LogP contribution in [0, 0.1) is 0 Å². The topological polar surface area (TPSA) is 52.3 Å². The molecular weight excluding hydrogens is 285 g/mol. The van der Waals surface area contributed by atoms with Crippen molar-refractivity contribution in [3.63, 3.8) is 0 Å². The van der Waals surface area contributed by atoms with E-state index in [2.05, 4.69) is 20.0 Å². The number of benzene rings is 1. The lowest BCUT2D eigenvalue weighted by Crippen LogP contribution is -2.20. The number of ether oxygens (including phenoxy) is 1. The van der Waals surface area contributed by atoms with Crippen molar-refractivity contribution >= 4 is 5.65 Å². The van der Waals surface area contributed by atoms with Crippen LogP contribution in [0.15, 0.2) is 42.5 Å². The van der Waals surface area contributed by atoms with E-state index in [1.54, 1.807) is 12.1 Å². The molecule has 3 rings (SSSR count). The molecule has 0 spiro atoms. The molecule has 0 N–H and O–H groups in total. The summed E-state index contributed by atoms with van der Waals surface area (Å²) in [6.07, 6.45) is -5.97. The molecule has 1 aromatic carbocycles. The van der Waals surface area contributed by atoms with Crippen LogP contribution in [0.5, 0.6) is 5.88 Å². The maximum absolute atomic E-state index is 12.9. The standard InChI is InChI=1S/C13H9F3N4O/c14-11(15)12(16)21-10-7-6-9-17-18-13(20(9)19-10)8-4-2-1-3-5-8/h1-7,11-12H. The Hall–Kier alpha value is -2.64. The highest BCUT2D eigenvalue weighted by atomic mass is 19.3. The summed E-state index contributed by atoms with van der Waals surface area (Å²) in [5.41, 5.74) is 1.13. The summed E-state index contributed by atoms with van der Waals surface area (Å²) in [6, 6.07) is 11.8. The molecule has 0 radical (unpaired) electrons. The van der Waals surface area contributed by atoms with E-state index in [0.29, 0.717) is 11.5 Å². The second-order valence-electron chi connectivity index (χ2n) is 4.13. The van der Waals surface area contributed by atoms with Gasteiger partial charge < -0.3 is 4.74 Å². The molecule has 0 saturated heterocycles. The molecule has 108 valence electrons. The highest BCUT2D eigenvalue weighted by molar-refractivity contribution is 5.58. The van der Waals surface area contributed by atoms with Gasteiger partial charge in [0.25, 0.3) is 6.36 Å². The third kappa shape index (κ3) is 2.64. The molecule has 5 nitrogen and oxygen atoms in total. The van der Waals surface area contributed by atoms with Crippen molar-refractivity contribution in [1.29, 1.82) is 0 Å². The molecule has 0 amide bonds. The van der Waals surface area contributed by atoms with Crippen molar-refractivity contribution in [1.82, 2.24) is 19.8 Å². The maximum Gasteiger partial charge on any atom is 0.304 e. The Balaban J connectivity index is 2.00. The summed E-state index contributed by atoms with van der Waals surface area (Å²) in [7, 11) is 0. The maximum atomic E-state index is 12.9. The van der Waals surface area contributed by atoms with Gasteiger partial charge in [0, 0.05) is 11.6 Å². The quantitative estimate of drug-likeness (QED) is 0.742. The summed E-state index contributed by atoms with van der Waals surface area (Å²) in [6.45, 7) is 0. The lowest BCUT2D eigenvalue weighted by Gasteiger charge is -2.09. The summed E-state index contributed by atoms with van der Waals surface area (Å²) in [5, 5.41) is 11.8. The summed E-state index contributed by atoms with van der Waals surface area (Å²) in [4.78, 5) is 0. The number of rotatable bonds is 4. The van der Waals surface area contributed by atoms with Gasteiger partial charge in [-0.25, -0.2) is 8.78 Å². The van der Waals surface area contributed by atoms with E-state index in [9.17, 15) is 13.2 Å². The smallest absolute Gasteiger partial charge is 0.304 e. The number of hydrogen-bond acceptors (Lipinski definition) is 4. The molecule has 21 heavy (non-hydrogen) atoms. The lowest BCUT2D eigenvalue weighted by atomic mass is 10.2. The van der Waals surface area contributed by atoms with Gasteiger partial charge in [0.2, 0.25) is 5.88 Å². The molecule has 1 atom stereocenters. The van der Waals surface area contributed by atoms with E-state index in [1.165, 1.54) is 16.6 Å². The molecule has 0 saturated carbocycles. The van der Waals surface area contributed by atoms with Crippen molar-refractivity contribution < 1.29 is 17.9 Å². The van der Waals surface area contributed by atoms with Crippen LogP contribution in [-0.4, -0.2) is 32.6 Å². The predicted octanol–water partition coefficient (Wildman–Crippen LogP) is 2.73. The first-order valence-corrected chi connectivity index (χ1v) is 6.02. The largest absolute Gasteiger partial charge is 0.436 e. The highest BCUT2D eigenvalue weighted by Crippen LogP contribution is 2.19. The Morgan fingerprint density at radius 1 is 0.952 bits per heavy atom. The molecule has 0 aliphatic carbocycles. The van der Waals surface area contributed by atoms with Crippen LogP contribution in [-0.2, 0) is 0 Å². The third-order valence-electron chi connectivity index (χ3n) is 2.70. The van der Waals surface area contributed by atoms with Gasteiger partial charge in [-0.05, 0) is 6.07 Å². The number of hydrogen-bond donors (Lipinski definition) is 0. The number of fused-ring (bicyclic) bond motifs is 1. The fourth-order valence-electron chi connectivity index (χ4n) is 1.77. The molecule has 8 heteroatoms. The van der Waals surface area contributed by atoms with Crippen LogP contribution in [0.4, 0.5) is 13.2 Å². The third-order valence-corrected chi connectivity index (χ3v) is 2.70. The summed E-state index contributed by atoms with van der Waals surface area (Å²) < 4.78 is 43.0. The molecule has 2 aromatic heterocycles. The highest BCUT2D eigenvalue weighted by Gasteiger charge is 2.22. The molecule has 0 fully saturated rings. The Morgan fingerprint density at radius 2 is 1.71 bits per heavy atom. The summed E-state index contributed by atoms with van der Waals surface area (Å²) >= 11 is 0. The minimum Gasteiger partial charge on any atom is -0.436 e. The van der Waals surface area contributed by atoms with Crippen LogP contribution >= 0.6 is 0 Å². The van der Waals surface area contributed by atoms with Crippen molar-refractivity contribution in [2.75, 3.05) is 0 Å². The van der Waals surface area contributed by atoms with Crippen LogP contribution in [0.1, 0.15) is 0 Å². The van der Waals surface area contributed by atoms with Crippen molar-refractivity contribution in [2.45, 2.75) is 12.8 Å². The second-order valence-corrected chi connectivity index (χ2v) is 4.13. The zero-order valence-corrected chi connectivity index (χ0v) is 10.5. The second kappa shape index (κ2) is 5.39. The van der Waals surface area contributed by atoms with Crippen LogP contribution < -0.4 is 4.74 Å². The van der Waals surface area contributed by atoms with Crippen LogP contribution in [0.2, 0.25) is 0 Å². The van der Waals surface area contributed by atoms with E-state index >= 15 is 0 Å².